The molecule has 0 aromatic heterocycles. The van der Waals surface area contributed by atoms with E-state index in [0.29, 0.717) is 17.1 Å². The first-order valence-electron chi connectivity index (χ1n) is 6.31. The van der Waals surface area contributed by atoms with Crippen molar-refractivity contribution in [2.45, 2.75) is 51.7 Å². The molecule has 0 radical (unpaired) electrons. The van der Waals surface area contributed by atoms with Crippen LogP contribution in [0.1, 0.15) is 39.5 Å². The summed E-state index contributed by atoms with van der Waals surface area (Å²) in [7, 11) is 0. The highest BCUT2D eigenvalue weighted by molar-refractivity contribution is 7.80. The van der Waals surface area contributed by atoms with Gasteiger partial charge >= 0.3 is 0 Å². The van der Waals surface area contributed by atoms with Gasteiger partial charge in [-0.3, -0.25) is 4.90 Å². The Morgan fingerprint density at radius 2 is 2.31 bits per heavy atom. The lowest BCUT2D eigenvalue weighted by Gasteiger charge is -2.31. The van der Waals surface area contributed by atoms with Crippen LogP contribution in [0.4, 0.5) is 0 Å². The smallest absolute Gasteiger partial charge is 0.0743 e. The largest absolute Gasteiger partial charge is 0.393 e. The molecule has 2 unspecified atom stereocenters. The molecule has 1 aliphatic rings. The lowest BCUT2D eigenvalue weighted by Crippen LogP contribution is -2.41. The molecular weight excluding hydrogens is 220 g/mol. The van der Waals surface area contributed by atoms with Crippen LogP contribution in [-0.2, 0) is 4.74 Å². The molecular formula is C12H24N2OS. The molecule has 0 bridgehead atoms. The van der Waals surface area contributed by atoms with Gasteiger partial charge in [-0.25, -0.2) is 0 Å². The summed E-state index contributed by atoms with van der Waals surface area (Å²) in [6.45, 7) is 7.38. The maximum absolute atomic E-state index is 5.68. The zero-order valence-corrected chi connectivity index (χ0v) is 11.3. The molecule has 2 atom stereocenters. The lowest BCUT2D eigenvalue weighted by atomic mass is 10.1. The van der Waals surface area contributed by atoms with Gasteiger partial charge in [-0.1, -0.05) is 26.1 Å². The number of nitrogens with two attached hydrogens (primary N) is 1. The molecule has 94 valence electrons. The van der Waals surface area contributed by atoms with E-state index in [-0.39, 0.29) is 0 Å². The van der Waals surface area contributed by atoms with E-state index < -0.39 is 0 Å². The van der Waals surface area contributed by atoms with E-state index in [0.717, 1.165) is 32.5 Å². The van der Waals surface area contributed by atoms with Gasteiger partial charge in [0.25, 0.3) is 0 Å². The molecule has 4 heteroatoms. The number of likely N-dealkylation sites (N-methyl/N-ethyl adjacent to an activating group) is 1. The summed E-state index contributed by atoms with van der Waals surface area (Å²) < 4.78 is 5.68. The van der Waals surface area contributed by atoms with Crippen molar-refractivity contribution in [2.75, 3.05) is 19.7 Å². The fourth-order valence-corrected chi connectivity index (χ4v) is 2.54. The van der Waals surface area contributed by atoms with Crippen molar-refractivity contribution in [3.05, 3.63) is 0 Å². The average molecular weight is 244 g/mol. The molecule has 1 rings (SSSR count). The highest BCUT2D eigenvalue weighted by atomic mass is 32.1. The molecule has 1 aliphatic heterocycles. The minimum Gasteiger partial charge on any atom is -0.393 e. The van der Waals surface area contributed by atoms with Crippen molar-refractivity contribution in [1.29, 1.82) is 0 Å². The second kappa shape index (κ2) is 7.20. The first-order chi connectivity index (χ1) is 7.67. The minimum absolute atomic E-state index is 0.417. The summed E-state index contributed by atoms with van der Waals surface area (Å²) in [5.41, 5.74) is 5.64. The summed E-state index contributed by atoms with van der Waals surface area (Å²) in [4.78, 5) is 3.08. The van der Waals surface area contributed by atoms with Crippen LogP contribution in [-0.4, -0.2) is 41.7 Å². The number of ether oxygens (including phenoxy) is 1. The number of hydrogen-bond acceptors (Lipinski definition) is 3. The van der Waals surface area contributed by atoms with E-state index in [9.17, 15) is 0 Å². The van der Waals surface area contributed by atoms with Crippen LogP contribution in [0.15, 0.2) is 0 Å². The summed E-state index contributed by atoms with van der Waals surface area (Å²) in [6.07, 6.45) is 4.74. The second-order valence-electron chi connectivity index (χ2n) is 4.46. The van der Waals surface area contributed by atoms with Crippen molar-refractivity contribution in [3.63, 3.8) is 0 Å². The van der Waals surface area contributed by atoms with Gasteiger partial charge in [-0.15, -0.1) is 0 Å². The van der Waals surface area contributed by atoms with E-state index in [1.807, 2.05) is 0 Å². The zero-order valence-electron chi connectivity index (χ0n) is 10.4. The minimum atomic E-state index is 0.417. The summed E-state index contributed by atoms with van der Waals surface area (Å²) >= 11 is 5.01. The predicted molar refractivity (Wildman–Crippen MR) is 71.7 cm³/mol. The van der Waals surface area contributed by atoms with Crippen molar-refractivity contribution >= 4 is 17.2 Å². The molecule has 3 nitrogen and oxygen atoms in total. The van der Waals surface area contributed by atoms with E-state index in [4.69, 9.17) is 22.7 Å². The van der Waals surface area contributed by atoms with E-state index in [1.165, 1.54) is 12.8 Å². The van der Waals surface area contributed by atoms with Crippen molar-refractivity contribution < 1.29 is 4.74 Å². The standard InChI is InChI=1S/C12H24N2OS/c1-3-10(8-12(13)16)14(4-2)9-11-6-5-7-15-11/h10-11H,3-9H2,1-2H3,(H2,13,16). The second-order valence-corrected chi connectivity index (χ2v) is 4.98. The van der Waals surface area contributed by atoms with Gasteiger partial charge < -0.3 is 10.5 Å². The Bertz CT molecular complexity index is 217. The molecule has 0 aliphatic carbocycles. The Hall–Kier alpha value is -0.190. The van der Waals surface area contributed by atoms with Crippen LogP contribution in [0.2, 0.25) is 0 Å². The molecule has 0 spiro atoms. The van der Waals surface area contributed by atoms with Gasteiger partial charge in [0, 0.05) is 25.6 Å². The molecule has 0 aromatic carbocycles. The van der Waals surface area contributed by atoms with Crippen molar-refractivity contribution in [2.24, 2.45) is 5.73 Å². The molecule has 1 heterocycles. The quantitative estimate of drug-likeness (QED) is 0.695. The van der Waals surface area contributed by atoms with Gasteiger partial charge in [-0.2, -0.15) is 0 Å². The van der Waals surface area contributed by atoms with Crippen molar-refractivity contribution in [3.8, 4) is 0 Å². The topological polar surface area (TPSA) is 38.5 Å². The van der Waals surface area contributed by atoms with Crippen LogP contribution in [0, 0.1) is 0 Å². The van der Waals surface area contributed by atoms with Gasteiger partial charge in [0.15, 0.2) is 0 Å². The first-order valence-corrected chi connectivity index (χ1v) is 6.72. The van der Waals surface area contributed by atoms with E-state index >= 15 is 0 Å². The lowest BCUT2D eigenvalue weighted by molar-refractivity contribution is 0.0594. The molecule has 1 fully saturated rings. The third-order valence-electron chi connectivity index (χ3n) is 3.29. The third kappa shape index (κ3) is 4.36. The average Bonchev–Trinajstić information content (AvgIpc) is 2.75. The van der Waals surface area contributed by atoms with Gasteiger partial charge in [-0.05, 0) is 25.8 Å². The van der Waals surface area contributed by atoms with Gasteiger partial charge in [0.1, 0.15) is 0 Å². The summed E-state index contributed by atoms with van der Waals surface area (Å²) in [5.74, 6) is 0. The SMILES string of the molecule is CCC(CC(N)=S)N(CC)CC1CCCO1. The monoisotopic (exact) mass is 244 g/mol. The molecule has 0 saturated carbocycles. The van der Waals surface area contributed by atoms with Crippen LogP contribution < -0.4 is 5.73 Å². The molecule has 0 amide bonds. The molecule has 16 heavy (non-hydrogen) atoms. The van der Waals surface area contributed by atoms with Crippen LogP contribution in [0.25, 0.3) is 0 Å². The number of nitrogens with zero attached hydrogens (tertiary/aromatic N) is 1. The Balaban J connectivity index is 2.45. The van der Waals surface area contributed by atoms with Crippen LogP contribution >= 0.6 is 12.2 Å². The van der Waals surface area contributed by atoms with Crippen LogP contribution in [0.3, 0.4) is 0 Å². The summed E-state index contributed by atoms with van der Waals surface area (Å²) in [5, 5.41) is 0. The van der Waals surface area contributed by atoms with Crippen molar-refractivity contribution in [1.82, 2.24) is 4.90 Å². The van der Waals surface area contributed by atoms with Gasteiger partial charge in [0.2, 0.25) is 0 Å². The van der Waals surface area contributed by atoms with Crippen LogP contribution in [0.5, 0.6) is 0 Å². The Morgan fingerprint density at radius 1 is 1.56 bits per heavy atom. The Morgan fingerprint density at radius 3 is 2.75 bits per heavy atom. The predicted octanol–water partition coefficient (Wildman–Crippen LogP) is 1.94. The molecule has 2 N–H and O–H groups in total. The fraction of sp³-hybridized carbons (Fsp3) is 0.917. The van der Waals surface area contributed by atoms with E-state index in [1.54, 1.807) is 0 Å². The number of thiocarbonyl (C=S) groups is 1. The Kier molecular flexibility index (Phi) is 6.24. The number of hydrogen-bond donors (Lipinski definition) is 1. The zero-order chi connectivity index (χ0) is 12.0. The normalized spacial score (nSPS) is 22.6. The third-order valence-corrected chi connectivity index (χ3v) is 3.46. The van der Waals surface area contributed by atoms with E-state index in [2.05, 4.69) is 18.7 Å². The van der Waals surface area contributed by atoms with Gasteiger partial charge in [0.05, 0.1) is 11.1 Å². The summed E-state index contributed by atoms with van der Waals surface area (Å²) in [6, 6.07) is 0.478. The fourth-order valence-electron chi connectivity index (χ4n) is 2.35. The highest BCUT2D eigenvalue weighted by Gasteiger charge is 2.23. The maximum Gasteiger partial charge on any atom is 0.0743 e. The number of rotatable bonds is 7. The molecule has 1 saturated heterocycles. The highest BCUT2D eigenvalue weighted by Crippen LogP contribution is 2.17. The molecule has 0 aromatic rings. The maximum atomic E-state index is 5.68. The Labute approximate surface area is 104 Å². The first kappa shape index (κ1) is 13.9.